The Bertz CT molecular complexity index is 755. The molecule has 1 atom stereocenters. The van der Waals surface area contributed by atoms with Crippen molar-refractivity contribution in [3.8, 4) is 5.75 Å². The number of rotatable bonds is 3. The Kier molecular flexibility index (Phi) is 8.28. The van der Waals surface area contributed by atoms with Gasteiger partial charge < -0.3 is 21.3 Å². The highest BCUT2D eigenvalue weighted by atomic mass is 35.5. The summed E-state index contributed by atoms with van der Waals surface area (Å²) in [5.74, 6) is -1.21. The molecule has 0 fully saturated rings. The van der Waals surface area contributed by atoms with Gasteiger partial charge in [-0.3, -0.25) is 4.79 Å². The molecule has 142 valence electrons. The minimum atomic E-state index is -0.833. The SMILES string of the molecule is CC(=O)O.Fc1ccc(NCC2COc3ccccc3C2)c(F)c1Cl.N. The summed E-state index contributed by atoms with van der Waals surface area (Å²) in [6.45, 7) is 2.19. The van der Waals surface area contributed by atoms with Gasteiger partial charge in [-0.05, 0) is 30.2 Å². The van der Waals surface area contributed by atoms with Gasteiger partial charge in [0.2, 0.25) is 0 Å². The van der Waals surface area contributed by atoms with Crippen molar-refractivity contribution in [3.05, 3.63) is 58.6 Å². The first kappa shape index (κ1) is 21.7. The van der Waals surface area contributed by atoms with Crippen LogP contribution >= 0.6 is 11.6 Å². The third-order valence-electron chi connectivity index (χ3n) is 3.57. The molecule has 1 aliphatic rings. The van der Waals surface area contributed by atoms with Crippen molar-refractivity contribution in [2.24, 2.45) is 5.92 Å². The highest BCUT2D eigenvalue weighted by Crippen LogP contribution is 2.28. The molecule has 0 saturated carbocycles. The first-order valence-corrected chi connectivity index (χ1v) is 8.04. The molecule has 1 heterocycles. The van der Waals surface area contributed by atoms with Gasteiger partial charge in [-0.25, -0.2) is 8.78 Å². The maximum atomic E-state index is 13.8. The molecule has 0 amide bonds. The molecule has 3 rings (SSSR count). The number of hydrogen-bond acceptors (Lipinski definition) is 4. The summed E-state index contributed by atoms with van der Waals surface area (Å²) in [4.78, 5) is 9.00. The molecule has 5 nitrogen and oxygen atoms in total. The van der Waals surface area contributed by atoms with E-state index in [0.29, 0.717) is 13.2 Å². The lowest BCUT2D eigenvalue weighted by atomic mass is 9.96. The number of para-hydroxylation sites is 1. The van der Waals surface area contributed by atoms with Gasteiger partial charge in [-0.15, -0.1) is 0 Å². The third-order valence-corrected chi connectivity index (χ3v) is 3.92. The Morgan fingerprint density at radius 1 is 1.31 bits per heavy atom. The molecule has 5 N–H and O–H groups in total. The van der Waals surface area contributed by atoms with E-state index in [9.17, 15) is 8.78 Å². The van der Waals surface area contributed by atoms with E-state index in [1.165, 1.54) is 6.07 Å². The molecule has 0 aliphatic carbocycles. The van der Waals surface area contributed by atoms with Crippen LogP contribution in [0.5, 0.6) is 5.75 Å². The van der Waals surface area contributed by atoms with Gasteiger partial charge in [0.25, 0.3) is 5.97 Å². The fourth-order valence-electron chi connectivity index (χ4n) is 2.44. The van der Waals surface area contributed by atoms with Crippen LogP contribution < -0.4 is 16.2 Å². The van der Waals surface area contributed by atoms with Crippen molar-refractivity contribution in [1.29, 1.82) is 0 Å². The van der Waals surface area contributed by atoms with Crippen molar-refractivity contribution in [2.75, 3.05) is 18.5 Å². The summed E-state index contributed by atoms with van der Waals surface area (Å²) in [5, 5.41) is 9.91. The van der Waals surface area contributed by atoms with E-state index in [2.05, 4.69) is 5.32 Å². The Hall–Kier alpha value is -2.38. The molecule has 26 heavy (non-hydrogen) atoms. The van der Waals surface area contributed by atoms with Crippen LogP contribution in [0, 0.1) is 17.6 Å². The zero-order chi connectivity index (χ0) is 18.4. The van der Waals surface area contributed by atoms with Crippen LogP contribution in [-0.2, 0) is 11.2 Å². The number of aliphatic carboxylic acids is 1. The highest BCUT2D eigenvalue weighted by molar-refractivity contribution is 6.31. The van der Waals surface area contributed by atoms with Crippen LogP contribution in [0.4, 0.5) is 14.5 Å². The lowest BCUT2D eigenvalue weighted by molar-refractivity contribution is -0.134. The van der Waals surface area contributed by atoms with Gasteiger partial charge in [-0.1, -0.05) is 29.8 Å². The Morgan fingerprint density at radius 2 is 1.96 bits per heavy atom. The summed E-state index contributed by atoms with van der Waals surface area (Å²) in [5.41, 5.74) is 1.36. The van der Waals surface area contributed by atoms with Gasteiger partial charge in [-0.2, -0.15) is 0 Å². The molecule has 2 aromatic rings. The van der Waals surface area contributed by atoms with E-state index in [-0.39, 0.29) is 17.8 Å². The van der Waals surface area contributed by atoms with Crippen molar-refractivity contribution >= 4 is 23.3 Å². The van der Waals surface area contributed by atoms with Crippen LogP contribution in [-0.4, -0.2) is 24.2 Å². The van der Waals surface area contributed by atoms with E-state index < -0.39 is 22.6 Å². The fraction of sp³-hybridized carbons (Fsp3) is 0.278. The number of fused-ring (bicyclic) bond motifs is 1. The summed E-state index contributed by atoms with van der Waals surface area (Å²) >= 11 is 5.56. The Balaban J connectivity index is 0.000000616. The first-order chi connectivity index (χ1) is 11.9. The van der Waals surface area contributed by atoms with E-state index in [1.807, 2.05) is 24.3 Å². The van der Waals surface area contributed by atoms with Crippen molar-refractivity contribution in [2.45, 2.75) is 13.3 Å². The van der Waals surface area contributed by atoms with Crippen molar-refractivity contribution in [3.63, 3.8) is 0 Å². The molecule has 0 saturated heterocycles. The fourth-order valence-corrected chi connectivity index (χ4v) is 2.60. The minimum Gasteiger partial charge on any atom is -0.493 e. The number of ether oxygens (including phenoxy) is 1. The molecule has 1 unspecified atom stereocenters. The Labute approximate surface area is 155 Å². The minimum absolute atomic E-state index is 0. The normalized spacial score (nSPS) is 14.7. The zero-order valence-electron chi connectivity index (χ0n) is 14.3. The topological polar surface area (TPSA) is 93.6 Å². The molecule has 8 heteroatoms. The molecule has 0 bridgehead atoms. The van der Waals surface area contributed by atoms with E-state index in [0.717, 1.165) is 30.7 Å². The summed E-state index contributed by atoms with van der Waals surface area (Å²) in [6.07, 6.45) is 0.861. The number of anilines is 1. The number of benzene rings is 2. The van der Waals surface area contributed by atoms with E-state index in [4.69, 9.17) is 26.2 Å². The zero-order valence-corrected chi connectivity index (χ0v) is 15.0. The number of carboxylic acid groups (broad SMARTS) is 1. The standard InChI is InChI=1S/C16H14ClF2NO.C2H4O2.H3N/c17-15-12(18)5-6-13(16(15)19)20-8-10-7-11-3-1-2-4-14(11)21-9-10;1-2(3)4;/h1-6,10,20H,7-9H2;1H3,(H,3,4);1H3. The van der Waals surface area contributed by atoms with E-state index >= 15 is 0 Å². The average molecular weight is 387 g/mol. The van der Waals surface area contributed by atoms with Crippen LogP contribution in [0.1, 0.15) is 12.5 Å². The van der Waals surface area contributed by atoms with Crippen molar-refractivity contribution < 1.29 is 23.4 Å². The second-order valence-corrected chi connectivity index (χ2v) is 5.99. The molecule has 0 radical (unpaired) electrons. The lowest BCUT2D eigenvalue weighted by Crippen LogP contribution is -2.27. The van der Waals surface area contributed by atoms with Crippen LogP contribution in [0.25, 0.3) is 0 Å². The van der Waals surface area contributed by atoms with E-state index in [1.54, 1.807) is 0 Å². The van der Waals surface area contributed by atoms with Crippen LogP contribution in [0.3, 0.4) is 0 Å². The number of hydrogen-bond donors (Lipinski definition) is 3. The average Bonchev–Trinajstić information content (AvgIpc) is 2.58. The largest absolute Gasteiger partial charge is 0.493 e. The summed E-state index contributed by atoms with van der Waals surface area (Å²) in [7, 11) is 0. The molecular formula is C18H21ClF2N2O3. The number of carbonyl (C=O) groups is 1. The van der Waals surface area contributed by atoms with Gasteiger partial charge >= 0.3 is 0 Å². The number of halogens is 3. The first-order valence-electron chi connectivity index (χ1n) is 7.66. The van der Waals surface area contributed by atoms with Gasteiger partial charge in [0, 0.05) is 19.4 Å². The molecule has 0 spiro atoms. The molecule has 1 aliphatic heterocycles. The quantitative estimate of drug-likeness (QED) is 0.673. The second kappa shape index (κ2) is 9.94. The smallest absolute Gasteiger partial charge is 0.300 e. The maximum absolute atomic E-state index is 13.8. The summed E-state index contributed by atoms with van der Waals surface area (Å²) < 4.78 is 32.6. The highest BCUT2D eigenvalue weighted by Gasteiger charge is 2.20. The second-order valence-electron chi connectivity index (χ2n) is 5.61. The lowest BCUT2D eigenvalue weighted by Gasteiger charge is -2.25. The van der Waals surface area contributed by atoms with Gasteiger partial charge in [0.05, 0.1) is 12.3 Å². The van der Waals surface area contributed by atoms with Crippen molar-refractivity contribution in [1.82, 2.24) is 6.15 Å². The number of carboxylic acids is 1. The predicted molar refractivity (Wildman–Crippen MR) is 97.3 cm³/mol. The maximum Gasteiger partial charge on any atom is 0.300 e. The van der Waals surface area contributed by atoms with Gasteiger partial charge in [0.1, 0.15) is 16.6 Å². The molecule has 0 aromatic heterocycles. The number of nitrogens with one attached hydrogen (secondary N) is 1. The Morgan fingerprint density at radius 3 is 2.65 bits per heavy atom. The molecular weight excluding hydrogens is 366 g/mol. The van der Waals surface area contributed by atoms with Gasteiger partial charge in [0.15, 0.2) is 5.82 Å². The predicted octanol–water partition coefficient (Wildman–Crippen LogP) is 4.53. The van der Waals surface area contributed by atoms with Crippen LogP contribution in [0.15, 0.2) is 36.4 Å². The summed E-state index contributed by atoms with van der Waals surface area (Å²) in [6, 6.07) is 10.4. The molecule has 2 aromatic carbocycles. The van der Waals surface area contributed by atoms with Crippen LogP contribution in [0.2, 0.25) is 5.02 Å². The monoisotopic (exact) mass is 386 g/mol. The third kappa shape index (κ3) is 5.86.